The van der Waals surface area contributed by atoms with Gasteiger partial charge in [-0.25, -0.2) is 0 Å². The zero-order valence-electron chi connectivity index (χ0n) is 13.1. The SMILES string of the molecule is COc1ccc(C(C)(C)CNCc2ccco2)cc1OC. The van der Waals surface area contributed by atoms with Gasteiger partial charge in [-0.05, 0) is 29.8 Å². The molecule has 114 valence electrons. The second kappa shape index (κ2) is 6.68. The van der Waals surface area contributed by atoms with Crippen molar-refractivity contribution < 1.29 is 13.9 Å². The standard InChI is InChI=1S/C17H23NO3/c1-17(2,12-18-11-14-6-5-9-21-14)13-7-8-15(19-3)16(10-13)20-4/h5-10,18H,11-12H2,1-4H3. The van der Waals surface area contributed by atoms with Crippen LogP contribution in [0.15, 0.2) is 41.0 Å². The highest BCUT2D eigenvalue weighted by Gasteiger charge is 2.22. The Morgan fingerprint density at radius 2 is 1.86 bits per heavy atom. The average Bonchev–Trinajstić information content (AvgIpc) is 2.99. The highest BCUT2D eigenvalue weighted by molar-refractivity contribution is 5.45. The van der Waals surface area contributed by atoms with E-state index < -0.39 is 0 Å². The topological polar surface area (TPSA) is 43.6 Å². The molecule has 0 amide bonds. The van der Waals surface area contributed by atoms with E-state index in [1.807, 2.05) is 24.3 Å². The Balaban J connectivity index is 2.04. The van der Waals surface area contributed by atoms with E-state index in [0.29, 0.717) is 0 Å². The third-order valence-corrected chi connectivity index (χ3v) is 3.61. The molecule has 0 saturated heterocycles. The molecule has 4 heteroatoms. The summed E-state index contributed by atoms with van der Waals surface area (Å²) in [4.78, 5) is 0. The number of nitrogens with one attached hydrogen (secondary N) is 1. The number of benzene rings is 1. The van der Waals surface area contributed by atoms with Gasteiger partial charge in [-0.15, -0.1) is 0 Å². The summed E-state index contributed by atoms with van der Waals surface area (Å²) in [6.07, 6.45) is 1.69. The molecule has 0 bridgehead atoms. The van der Waals surface area contributed by atoms with Crippen LogP contribution in [-0.4, -0.2) is 20.8 Å². The highest BCUT2D eigenvalue weighted by atomic mass is 16.5. The lowest BCUT2D eigenvalue weighted by Gasteiger charge is -2.26. The molecular weight excluding hydrogens is 266 g/mol. The van der Waals surface area contributed by atoms with Gasteiger partial charge >= 0.3 is 0 Å². The summed E-state index contributed by atoms with van der Waals surface area (Å²) in [7, 11) is 3.30. The minimum atomic E-state index is -0.0217. The summed E-state index contributed by atoms with van der Waals surface area (Å²) in [5, 5.41) is 3.43. The third kappa shape index (κ3) is 3.79. The molecular formula is C17H23NO3. The molecule has 2 rings (SSSR count). The van der Waals surface area contributed by atoms with Crippen LogP contribution in [0.25, 0.3) is 0 Å². The second-order valence-electron chi connectivity index (χ2n) is 5.64. The number of furan rings is 1. The number of methoxy groups -OCH3 is 2. The molecule has 4 nitrogen and oxygen atoms in total. The number of rotatable bonds is 7. The monoisotopic (exact) mass is 289 g/mol. The fourth-order valence-electron chi connectivity index (χ4n) is 2.27. The van der Waals surface area contributed by atoms with E-state index in [0.717, 1.165) is 30.3 Å². The lowest BCUT2D eigenvalue weighted by atomic mass is 9.84. The van der Waals surface area contributed by atoms with Crippen molar-refractivity contribution in [2.45, 2.75) is 25.8 Å². The maximum Gasteiger partial charge on any atom is 0.161 e. The van der Waals surface area contributed by atoms with Crippen molar-refractivity contribution in [3.8, 4) is 11.5 Å². The van der Waals surface area contributed by atoms with E-state index in [9.17, 15) is 0 Å². The molecule has 1 N–H and O–H groups in total. The zero-order valence-corrected chi connectivity index (χ0v) is 13.1. The smallest absolute Gasteiger partial charge is 0.161 e. The Bertz CT molecular complexity index is 561. The van der Waals surface area contributed by atoms with Crippen molar-refractivity contribution in [1.82, 2.24) is 5.32 Å². The van der Waals surface area contributed by atoms with Gasteiger partial charge in [0.05, 0.1) is 27.0 Å². The van der Waals surface area contributed by atoms with Crippen LogP contribution < -0.4 is 14.8 Å². The van der Waals surface area contributed by atoms with Crippen LogP contribution in [0.2, 0.25) is 0 Å². The molecule has 0 unspecified atom stereocenters. The minimum absolute atomic E-state index is 0.0217. The lowest BCUT2D eigenvalue weighted by Crippen LogP contribution is -2.32. The highest BCUT2D eigenvalue weighted by Crippen LogP contribution is 2.32. The lowest BCUT2D eigenvalue weighted by molar-refractivity contribution is 0.352. The second-order valence-corrected chi connectivity index (χ2v) is 5.64. The molecule has 0 spiro atoms. The molecule has 0 aliphatic rings. The summed E-state index contributed by atoms with van der Waals surface area (Å²) in [6, 6.07) is 9.93. The Morgan fingerprint density at radius 1 is 1.10 bits per heavy atom. The van der Waals surface area contributed by atoms with Gasteiger partial charge in [-0.1, -0.05) is 19.9 Å². The van der Waals surface area contributed by atoms with Crippen LogP contribution >= 0.6 is 0 Å². The molecule has 0 fully saturated rings. The minimum Gasteiger partial charge on any atom is -0.493 e. The fourth-order valence-corrected chi connectivity index (χ4v) is 2.27. The molecule has 0 aliphatic carbocycles. The molecule has 21 heavy (non-hydrogen) atoms. The van der Waals surface area contributed by atoms with Crippen LogP contribution in [0, 0.1) is 0 Å². The molecule has 0 saturated carbocycles. The van der Waals surface area contributed by atoms with E-state index in [-0.39, 0.29) is 5.41 Å². The van der Waals surface area contributed by atoms with Crippen LogP contribution in [-0.2, 0) is 12.0 Å². The maximum atomic E-state index is 5.38. The van der Waals surface area contributed by atoms with Gasteiger partial charge < -0.3 is 19.2 Å². The van der Waals surface area contributed by atoms with Gasteiger partial charge in [0.2, 0.25) is 0 Å². The molecule has 0 aliphatic heterocycles. The quantitative estimate of drug-likeness (QED) is 0.848. The van der Waals surface area contributed by atoms with Gasteiger partial charge in [0.25, 0.3) is 0 Å². The van der Waals surface area contributed by atoms with Crippen molar-refractivity contribution in [3.05, 3.63) is 47.9 Å². The molecule has 2 aromatic rings. The predicted octanol–water partition coefficient (Wildman–Crippen LogP) is 3.36. The summed E-state index contributed by atoms with van der Waals surface area (Å²) >= 11 is 0. The van der Waals surface area contributed by atoms with E-state index in [1.165, 1.54) is 5.56 Å². The van der Waals surface area contributed by atoms with E-state index in [4.69, 9.17) is 13.9 Å². The van der Waals surface area contributed by atoms with Crippen molar-refractivity contribution in [2.24, 2.45) is 0 Å². The van der Waals surface area contributed by atoms with Gasteiger partial charge in [-0.2, -0.15) is 0 Å². The summed E-state index contributed by atoms with van der Waals surface area (Å²) in [6.45, 7) is 5.96. The van der Waals surface area contributed by atoms with E-state index >= 15 is 0 Å². The maximum absolute atomic E-state index is 5.38. The third-order valence-electron chi connectivity index (χ3n) is 3.61. The van der Waals surface area contributed by atoms with Gasteiger partial charge in [0.1, 0.15) is 5.76 Å². The number of hydrogen-bond donors (Lipinski definition) is 1. The first-order valence-corrected chi connectivity index (χ1v) is 7.02. The van der Waals surface area contributed by atoms with Gasteiger partial charge in [0.15, 0.2) is 11.5 Å². The number of hydrogen-bond acceptors (Lipinski definition) is 4. The van der Waals surface area contributed by atoms with Crippen molar-refractivity contribution in [3.63, 3.8) is 0 Å². The van der Waals surface area contributed by atoms with Crippen molar-refractivity contribution >= 4 is 0 Å². The van der Waals surface area contributed by atoms with E-state index in [1.54, 1.807) is 20.5 Å². The molecule has 0 atom stereocenters. The molecule has 1 heterocycles. The van der Waals surface area contributed by atoms with Crippen LogP contribution in [0.3, 0.4) is 0 Å². The van der Waals surface area contributed by atoms with Crippen LogP contribution in [0.1, 0.15) is 25.2 Å². The largest absolute Gasteiger partial charge is 0.493 e. The Labute approximate surface area is 126 Å². The van der Waals surface area contributed by atoms with Gasteiger partial charge in [0, 0.05) is 12.0 Å². The summed E-state index contributed by atoms with van der Waals surface area (Å²) in [5.41, 5.74) is 1.18. The first kappa shape index (κ1) is 15.4. The molecule has 1 aromatic heterocycles. The zero-order chi connectivity index (χ0) is 15.3. The Hall–Kier alpha value is -1.94. The van der Waals surface area contributed by atoms with E-state index in [2.05, 4.69) is 25.2 Å². The summed E-state index contributed by atoms with van der Waals surface area (Å²) < 4.78 is 16.0. The van der Waals surface area contributed by atoms with Gasteiger partial charge in [-0.3, -0.25) is 0 Å². The molecule has 1 aromatic carbocycles. The van der Waals surface area contributed by atoms with Crippen LogP contribution in [0.5, 0.6) is 11.5 Å². The summed E-state index contributed by atoms with van der Waals surface area (Å²) in [5.74, 6) is 2.45. The Morgan fingerprint density at radius 3 is 2.48 bits per heavy atom. The fraction of sp³-hybridized carbons (Fsp3) is 0.412. The molecule has 0 radical (unpaired) electrons. The normalized spacial score (nSPS) is 11.4. The first-order valence-electron chi connectivity index (χ1n) is 7.02. The Kier molecular flexibility index (Phi) is 4.91. The van der Waals surface area contributed by atoms with Crippen molar-refractivity contribution in [2.75, 3.05) is 20.8 Å². The average molecular weight is 289 g/mol. The number of ether oxygens (including phenoxy) is 2. The van der Waals surface area contributed by atoms with Crippen LogP contribution in [0.4, 0.5) is 0 Å². The first-order chi connectivity index (χ1) is 10.1. The predicted molar refractivity (Wildman–Crippen MR) is 83.0 cm³/mol. The van der Waals surface area contributed by atoms with Crippen molar-refractivity contribution in [1.29, 1.82) is 0 Å².